The number of carbonyl (C=O) groups is 2. The highest BCUT2D eigenvalue weighted by Crippen LogP contribution is 2.46. The summed E-state index contributed by atoms with van der Waals surface area (Å²) in [6.07, 6.45) is 1.83. The molecule has 5 nitrogen and oxygen atoms in total. The minimum absolute atomic E-state index is 0.115. The third-order valence-corrected chi connectivity index (χ3v) is 4.77. The Morgan fingerprint density at radius 3 is 2.38 bits per heavy atom. The topological polar surface area (TPSA) is 77.8 Å². The zero-order valence-electron chi connectivity index (χ0n) is 11.7. The summed E-state index contributed by atoms with van der Waals surface area (Å²) in [4.78, 5) is 25.6. The zero-order chi connectivity index (χ0) is 15.0. The fourth-order valence-corrected chi connectivity index (χ4v) is 3.46. The Bertz CT molecular complexity index is 553. The van der Waals surface area contributed by atoms with E-state index in [9.17, 15) is 19.8 Å². The molecule has 1 heterocycles. The van der Waals surface area contributed by atoms with Gasteiger partial charge in [0.1, 0.15) is 6.04 Å². The molecule has 5 heteroatoms. The van der Waals surface area contributed by atoms with E-state index in [2.05, 4.69) is 0 Å². The Morgan fingerprint density at radius 1 is 1.19 bits per heavy atom. The highest BCUT2D eigenvalue weighted by atomic mass is 16.4. The Labute approximate surface area is 123 Å². The van der Waals surface area contributed by atoms with Gasteiger partial charge in [0.15, 0.2) is 0 Å². The molecule has 3 rings (SSSR count). The molecular weight excluding hydrogens is 270 g/mol. The highest BCUT2D eigenvalue weighted by Gasteiger charge is 2.51. The molecule has 0 aromatic heterocycles. The third kappa shape index (κ3) is 2.21. The molecule has 1 aliphatic carbocycles. The molecule has 2 atom stereocenters. The molecule has 1 amide bonds. The lowest BCUT2D eigenvalue weighted by atomic mass is 9.63. The van der Waals surface area contributed by atoms with Gasteiger partial charge in [0, 0.05) is 13.0 Å². The van der Waals surface area contributed by atoms with Crippen LogP contribution in [0.15, 0.2) is 30.3 Å². The summed E-state index contributed by atoms with van der Waals surface area (Å²) in [5.74, 6) is -1.19. The van der Waals surface area contributed by atoms with Crippen LogP contribution in [0.4, 0.5) is 0 Å². The number of aliphatic hydroxyl groups excluding tert-OH is 1. The van der Waals surface area contributed by atoms with Crippen molar-refractivity contribution < 1.29 is 19.8 Å². The monoisotopic (exact) mass is 289 g/mol. The number of aliphatic carboxylic acids is 1. The van der Waals surface area contributed by atoms with Gasteiger partial charge in [-0.15, -0.1) is 0 Å². The van der Waals surface area contributed by atoms with E-state index in [4.69, 9.17) is 0 Å². The van der Waals surface area contributed by atoms with Crippen LogP contribution in [-0.2, 0) is 15.0 Å². The molecule has 0 bridgehead atoms. The maximum atomic E-state index is 13.0. The number of hydrogen-bond acceptors (Lipinski definition) is 3. The number of likely N-dealkylation sites (tertiary alicyclic amines) is 1. The average Bonchev–Trinajstić information content (AvgIpc) is 2.81. The number of β-amino-alcohol motifs (C(OH)–C–C–N with tert-alkyl or cyclic N) is 1. The van der Waals surface area contributed by atoms with E-state index in [1.807, 2.05) is 30.3 Å². The standard InChI is InChI=1S/C16H19NO4/c18-12-9-13(14(19)20)17(10-12)15(21)16(7-4-8-16)11-5-2-1-3-6-11/h1-3,5-6,12-13,18H,4,7-10H2,(H,19,20)/t12?,13-/m0/s1. The number of carbonyl (C=O) groups excluding carboxylic acids is 1. The van der Waals surface area contributed by atoms with Crippen molar-refractivity contribution in [2.45, 2.75) is 43.2 Å². The highest BCUT2D eigenvalue weighted by molar-refractivity contribution is 5.93. The molecule has 0 spiro atoms. The second kappa shape index (κ2) is 5.15. The van der Waals surface area contributed by atoms with Gasteiger partial charge in [-0.1, -0.05) is 36.8 Å². The summed E-state index contributed by atoms with van der Waals surface area (Å²) in [5.41, 5.74) is 0.353. The maximum absolute atomic E-state index is 13.0. The fourth-order valence-electron chi connectivity index (χ4n) is 3.46. The van der Waals surface area contributed by atoms with Gasteiger partial charge in [-0.3, -0.25) is 4.79 Å². The number of carboxylic acids is 1. The van der Waals surface area contributed by atoms with Crippen molar-refractivity contribution >= 4 is 11.9 Å². The molecule has 21 heavy (non-hydrogen) atoms. The Balaban J connectivity index is 1.91. The van der Waals surface area contributed by atoms with E-state index < -0.39 is 23.5 Å². The van der Waals surface area contributed by atoms with E-state index in [0.29, 0.717) is 0 Å². The summed E-state index contributed by atoms with van der Waals surface area (Å²) in [6, 6.07) is 8.65. The number of rotatable bonds is 3. The van der Waals surface area contributed by atoms with Crippen LogP contribution < -0.4 is 0 Å². The van der Waals surface area contributed by atoms with E-state index in [-0.39, 0.29) is 18.9 Å². The van der Waals surface area contributed by atoms with Crippen LogP contribution in [0.3, 0.4) is 0 Å². The van der Waals surface area contributed by atoms with Crippen molar-refractivity contribution in [3.05, 3.63) is 35.9 Å². The van der Waals surface area contributed by atoms with Crippen LogP contribution in [0.1, 0.15) is 31.2 Å². The molecule has 1 aliphatic heterocycles. The molecule has 112 valence electrons. The Kier molecular flexibility index (Phi) is 3.45. The Morgan fingerprint density at radius 2 is 1.86 bits per heavy atom. The van der Waals surface area contributed by atoms with Gasteiger partial charge in [0.25, 0.3) is 0 Å². The van der Waals surface area contributed by atoms with Crippen LogP contribution in [0.2, 0.25) is 0 Å². The van der Waals surface area contributed by atoms with E-state index in [1.54, 1.807) is 0 Å². The number of aliphatic hydroxyl groups is 1. The third-order valence-electron chi connectivity index (χ3n) is 4.77. The number of hydrogen-bond donors (Lipinski definition) is 2. The van der Waals surface area contributed by atoms with Crippen LogP contribution in [0.25, 0.3) is 0 Å². The van der Waals surface area contributed by atoms with Gasteiger partial charge < -0.3 is 15.1 Å². The number of carboxylic acid groups (broad SMARTS) is 1. The molecule has 1 saturated heterocycles. The fraction of sp³-hybridized carbons (Fsp3) is 0.500. The minimum atomic E-state index is -1.04. The first-order valence-electron chi connectivity index (χ1n) is 7.32. The molecule has 1 unspecified atom stereocenters. The predicted octanol–water partition coefficient (Wildman–Crippen LogP) is 1.15. The van der Waals surface area contributed by atoms with Crippen LogP contribution in [-0.4, -0.2) is 45.7 Å². The van der Waals surface area contributed by atoms with Gasteiger partial charge in [-0.25, -0.2) is 4.79 Å². The summed E-state index contributed by atoms with van der Waals surface area (Å²) >= 11 is 0. The molecule has 2 aliphatic rings. The summed E-state index contributed by atoms with van der Waals surface area (Å²) < 4.78 is 0. The zero-order valence-corrected chi connectivity index (χ0v) is 11.7. The minimum Gasteiger partial charge on any atom is -0.480 e. The predicted molar refractivity (Wildman–Crippen MR) is 75.7 cm³/mol. The van der Waals surface area contributed by atoms with Crippen LogP contribution >= 0.6 is 0 Å². The first kappa shape index (κ1) is 14.1. The molecule has 2 fully saturated rings. The van der Waals surface area contributed by atoms with Crippen molar-refractivity contribution in [3.8, 4) is 0 Å². The van der Waals surface area contributed by atoms with E-state index in [1.165, 1.54) is 4.90 Å². The lowest BCUT2D eigenvalue weighted by Crippen LogP contribution is -2.54. The molecule has 0 radical (unpaired) electrons. The van der Waals surface area contributed by atoms with Crippen molar-refractivity contribution in [1.29, 1.82) is 0 Å². The van der Waals surface area contributed by atoms with E-state index in [0.717, 1.165) is 24.8 Å². The summed E-state index contributed by atoms with van der Waals surface area (Å²) in [7, 11) is 0. The molecule has 1 aromatic rings. The lowest BCUT2D eigenvalue weighted by Gasteiger charge is -2.44. The summed E-state index contributed by atoms with van der Waals surface area (Å²) in [6.45, 7) is 0.115. The molecule has 2 N–H and O–H groups in total. The largest absolute Gasteiger partial charge is 0.480 e. The Hall–Kier alpha value is -1.88. The maximum Gasteiger partial charge on any atom is 0.326 e. The van der Waals surface area contributed by atoms with Crippen LogP contribution in [0, 0.1) is 0 Å². The van der Waals surface area contributed by atoms with Crippen molar-refractivity contribution in [1.82, 2.24) is 4.90 Å². The molecule has 1 aromatic carbocycles. The number of amides is 1. The normalized spacial score (nSPS) is 27.2. The second-order valence-corrected chi connectivity index (χ2v) is 6.00. The first-order chi connectivity index (χ1) is 10.0. The van der Waals surface area contributed by atoms with Crippen LogP contribution in [0.5, 0.6) is 0 Å². The first-order valence-corrected chi connectivity index (χ1v) is 7.32. The quantitative estimate of drug-likeness (QED) is 0.875. The van der Waals surface area contributed by atoms with E-state index >= 15 is 0 Å². The smallest absolute Gasteiger partial charge is 0.326 e. The lowest BCUT2D eigenvalue weighted by molar-refractivity contribution is -0.152. The van der Waals surface area contributed by atoms with Crippen molar-refractivity contribution in [2.24, 2.45) is 0 Å². The van der Waals surface area contributed by atoms with Gasteiger partial charge >= 0.3 is 5.97 Å². The molecule has 1 saturated carbocycles. The van der Waals surface area contributed by atoms with Crippen molar-refractivity contribution in [2.75, 3.05) is 6.54 Å². The van der Waals surface area contributed by atoms with Gasteiger partial charge in [-0.2, -0.15) is 0 Å². The SMILES string of the molecule is O=C(O)[C@@H]1CC(O)CN1C(=O)C1(c2ccccc2)CCC1. The second-order valence-electron chi connectivity index (χ2n) is 6.00. The average molecular weight is 289 g/mol. The number of nitrogens with zero attached hydrogens (tertiary/aromatic N) is 1. The number of benzene rings is 1. The van der Waals surface area contributed by atoms with Crippen molar-refractivity contribution in [3.63, 3.8) is 0 Å². The molecular formula is C16H19NO4. The van der Waals surface area contributed by atoms with Gasteiger partial charge in [0.2, 0.25) is 5.91 Å². The summed E-state index contributed by atoms with van der Waals surface area (Å²) in [5, 5.41) is 19.0. The van der Waals surface area contributed by atoms with Gasteiger partial charge in [0.05, 0.1) is 11.5 Å². The van der Waals surface area contributed by atoms with Gasteiger partial charge in [-0.05, 0) is 18.4 Å².